The number of pyridine rings is 1. The molecule has 0 fully saturated rings. The van der Waals surface area contributed by atoms with Crippen molar-refractivity contribution < 1.29 is 4.74 Å². The fourth-order valence-corrected chi connectivity index (χ4v) is 3.53. The Morgan fingerprint density at radius 1 is 1.30 bits per heavy atom. The van der Waals surface area contributed by atoms with Gasteiger partial charge in [-0.2, -0.15) is 0 Å². The molecule has 0 aliphatic carbocycles. The summed E-state index contributed by atoms with van der Waals surface area (Å²) in [6, 6.07) is 3.84. The normalized spacial score (nSPS) is 12.4. The van der Waals surface area contributed by atoms with Gasteiger partial charge < -0.3 is 10.1 Å². The average molecular weight is 331 g/mol. The highest BCUT2D eigenvalue weighted by Crippen LogP contribution is 2.37. The maximum Gasteiger partial charge on any atom is 0.137 e. The van der Waals surface area contributed by atoms with E-state index in [1.54, 1.807) is 6.20 Å². The van der Waals surface area contributed by atoms with Crippen LogP contribution in [0.1, 0.15) is 31.0 Å². The van der Waals surface area contributed by atoms with Crippen molar-refractivity contribution in [3.63, 3.8) is 0 Å². The average Bonchev–Trinajstić information content (AvgIpc) is 2.75. The first-order valence-corrected chi connectivity index (χ1v) is 7.98. The maximum atomic E-state index is 6.27. The van der Waals surface area contributed by atoms with Crippen LogP contribution >= 0.6 is 34.5 Å². The lowest BCUT2D eigenvalue weighted by atomic mass is 10.0. The Bertz CT molecular complexity index is 574. The Balaban J connectivity index is 2.37. The molecule has 1 unspecified atom stereocenters. The van der Waals surface area contributed by atoms with Crippen LogP contribution in [0.3, 0.4) is 0 Å². The van der Waals surface area contributed by atoms with Crippen LogP contribution in [-0.2, 0) is 0 Å². The van der Waals surface area contributed by atoms with Gasteiger partial charge in [-0.05, 0) is 31.2 Å². The lowest BCUT2D eigenvalue weighted by molar-refractivity contribution is 0.338. The minimum atomic E-state index is -0.0378. The van der Waals surface area contributed by atoms with Gasteiger partial charge in [0, 0.05) is 11.8 Å². The smallest absolute Gasteiger partial charge is 0.137 e. The largest absolute Gasteiger partial charge is 0.492 e. The quantitative estimate of drug-likeness (QED) is 0.843. The molecular weight excluding hydrogens is 315 g/mol. The van der Waals surface area contributed by atoms with Crippen molar-refractivity contribution in [3.8, 4) is 5.75 Å². The Morgan fingerprint density at radius 2 is 2.10 bits per heavy atom. The predicted molar refractivity (Wildman–Crippen MR) is 85.3 cm³/mol. The number of nitrogens with zero attached hydrogens (tertiary/aromatic N) is 1. The third-order valence-electron chi connectivity index (χ3n) is 2.78. The Kier molecular flexibility index (Phi) is 5.66. The zero-order valence-electron chi connectivity index (χ0n) is 11.3. The summed E-state index contributed by atoms with van der Waals surface area (Å²) in [5.74, 6) is 0.755. The van der Waals surface area contributed by atoms with E-state index >= 15 is 0 Å². The van der Waals surface area contributed by atoms with E-state index in [2.05, 4.69) is 17.2 Å². The fraction of sp³-hybridized carbons (Fsp3) is 0.357. The van der Waals surface area contributed by atoms with E-state index in [1.165, 1.54) is 11.3 Å². The van der Waals surface area contributed by atoms with Crippen molar-refractivity contribution in [2.45, 2.75) is 19.9 Å². The second-order valence-corrected chi connectivity index (χ2v) is 6.44. The molecule has 0 radical (unpaired) electrons. The molecule has 0 aromatic carbocycles. The Hall–Kier alpha value is -0.810. The van der Waals surface area contributed by atoms with Crippen molar-refractivity contribution in [1.29, 1.82) is 0 Å². The van der Waals surface area contributed by atoms with E-state index < -0.39 is 0 Å². The summed E-state index contributed by atoms with van der Waals surface area (Å²) in [4.78, 5) is 4.23. The van der Waals surface area contributed by atoms with Gasteiger partial charge in [-0.3, -0.25) is 4.98 Å². The van der Waals surface area contributed by atoms with E-state index in [4.69, 9.17) is 27.9 Å². The lowest BCUT2D eigenvalue weighted by Crippen LogP contribution is -2.22. The summed E-state index contributed by atoms with van der Waals surface area (Å²) < 4.78 is 6.88. The van der Waals surface area contributed by atoms with Crippen LogP contribution in [0.2, 0.25) is 8.67 Å². The summed E-state index contributed by atoms with van der Waals surface area (Å²) in [5.41, 5.74) is 1.98. The highest BCUT2D eigenvalue weighted by atomic mass is 35.5. The summed E-state index contributed by atoms with van der Waals surface area (Å²) >= 11 is 13.7. The molecule has 2 aromatic rings. The highest BCUT2D eigenvalue weighted by molar-refractivity contribution is 7.20. The molecule has 6 heteroatoms. The third-order valence-corrected chi connectivity index (χ3v) is 4.30. The number of nitrogens with one attached hydrogen (secondary N) is 1. The summed E-state index contributed by atoms with van der Waals surface area (Å²) in [6.07, 6.45) is 3.52. The number of rotatable bonds is 6. The number of halogens is 2. The number of hydrogen-bond donors (Lipinski definition) is 1. The molecule has 108 valence electrons. The minimum absolute atomic E-state index is 0.0378. The number of thiophene rings is 1. The molecule has 0 bridgehead atoms. The third kappa shape index (κ3) is 3.64. The fourth-order valence-electron chi connectivity index (χ4n) is 2.00. The molecule has 20 heavy (non-hydrogen) atoms. The summed E-state index contributed by atoms with van der Waals surface area (Å²) in [6.45, 7) is 5.42. The summed E-state index contributed by atoms with van der Waals surface area (Å²) in [5, 5.41) is 3.41. The first-order chi connectivity index (χ1) is 9.65. The van der Waals surface area contributed by atoms with Gasteiger partial charge in [-0.1, -0.05) is 30.1 Å². The SMILES string of the molecule is CCNC(c1cncc(OCC)c1)c1cc(Cl)sc1Cl. The molecule has 1 N–H and O–H groups in total. The van der Waals surface area contributed by atoms with Crippen molar-refractivity contribution in [3.05, 3.63) is 44.3 Å². The van der Waals surface area contributed by atoms with Crippen LogP contribution in [-0.4, -0.2) is 18.1 Å². The molecule has 0 saturated heterocycles. The first-order valence-electron chi connectivity index (χ1n) is 6.41. The predicted octanol–water partition coefficient (Wildman–Crippen LogP) is 4.55. The second kappa shape index (κ2) is 7.27. The standard InChI is InChI=1S/C14H16Cl2N2OS/c1-3-18-13(11-6-12(15)20-14(11)16)9-5-10(19-4-2)8-17-7-9/h5-8,13,18H,3-4H2,1-2H3. The number of ether oxygens (including phenoxy) is 1. The molecule has 2 aromatic heterocycles. The van der Waals surface area contributed by atoms with E-state index in [0.29, 0.717) is 15.3 Å². The van der Waals surface area contributed by atoms with E-state index in [0.717, 1.165) is 23.4 Å². The molecule has 0 amide bonds. The molecule has 0 saturated carbocycles. The first kappa shape index (κ1) is 15.6. The lowest BCUT2D eigenvalue weighted by Gasteiger charge is -2.18. The number of aromatic nitrogens is 1. The summed E-state index contributed by atoms with van der Waals surface area (Å²) in [7, 11) is 0. The monoisotopic (exact) mass is 330 g/mol. The molecule has 2 rings (SSSR count). The molecule has 1 atom stereocenters. The number of hydrogen-bond acceptors (Lipinski definition) is 4. The van der Waals surface area contributed by atoms with Crippen LogP contribution in [0, 0.1) is 0 Å². The zero-order chi connectivity index (χ0) is 14.5. The maximum absolute atomic E-state index is 6.27. The van der Waals surface area contributed by atoms with Gasteiger partial charge in [-0.25, -0.2) is 0 Å². The molecule has 2 heterocycles. The molecule has 0 spiro atoms. The van der Waals surface area contributed by atoms with Gasteiger partial charge in [0.2, 0.25) is 0 Å². The van der Waals surface area contributed by atoms with Crippen molar-refractivity contribution >= 4 is 34.5 Å². The Labute approximate surface area is 132 Å². The Morgan fingerprint density at radius 3 is 2.70 bits per heavy atom. The molecule has 0 aliphatic rings. The van der Waals surface area contributed by atoms with Gasteiger partial charge in [0.15, 0.2) is 0 Å². The van der Waals surface area contributed by atoms with E-state index in [-0.39, 0.29) is 6.04 Å². The van der Waals surface area contributed by atoms with Crippen LogP contribution in [0.15, 0.2) is 24.5 Å². The molecule has 0 aliphatic heterocycles. The van der Waals surface area contributed by atoms with Gasteiger partial charge >= 0.3 is 0 Å². The zero-order valence-corrected chi connectivity index (χ0v) is 13.6. The van der Waals surface area contributed by atoms with Gasteiger partial charge in [0.05, 0.1) is 27.5 Å². The van der Waals surface area contributed by atoms with Gasteiger partial charge in [0.1, 0.15) is 5.75 Å². The minimum Gasteiger partial charge on any atom is -0.492 e. The van der Waals surface area contributed by atoms with Gasteiger partial charge in [0.25, 0.3) is 0 Å². The van der Waals surface area contributed by atoms with Crippen molar-refractivity contribution in [2.75, 3.05) is 13.2 Å². The van der Waals surface area contributed by atoms with E-state index in [9.17, 15) is 0 Å². The van der Waals surface area contributed by atoms with E-state index in [1.807, 2.05) is 25.3 Å². The van der Waals surface area contributed by atoms with Crippen molar-refractivity contribution in [2.24, 2.45) is 0 Å². The molecule has 3 nitrogen and oxygen atoms in total. The highest BCUT2D eigenvalue weighted by Gasteiger charge is 2.19. The van der Waals surface area contributed by atoms with Gasteiger partial charge in [-0.15, -0.1) is 11.3 Å². The molecular formula is C14H16Cl2N2OS. The van der Waals surface area contributed by atoms with Crippen LogP contribution in [0.4, 0.5) is 0 Å². The van der Waals surface area contributed by atoms with Crippen LogP contribution in [0.5, 0.6) is 5.75 Å². The van der Waals surface area contributed by atoms with Crippen molar-refractivity contribution in [1.82, 2.24) is 10.3 Å². The van der Waals surface area contributed by atoms with Crippen LogP contribution < -0.4 is 10.1 Å². The van der Waals surface area contributed by atoms with Crippen LogP contribution in [0.25, 0.3) is 0 Å². The second-order valence-electron chi connectivity index (χ2n) is 4.16. The topological polar surface area (TPSA) is 34.2 Å².